The summed E-state index contributed by atoms with van der Waals surface area (Å²) in [5.74, 6) is 2.25. The van der Waals surface area contributed by atoms with Crippen molar-refractivity contribution < 1.29 is 14.3 Å². The first-order valence-electron chi connectivity index (χ1n) is 10.5. The number of carbonyl (C=O) groups excluding carboxylic acids is 1. The molecule has 0 aliphatic carbocycles. The Labute approximate surface area is 187 Å². The van der Waals surface area contributed by atoms with Crippen molar-refractivity contribution in [3.05, 3.63) is 84.4 Å². The van der Waals surface area contributed by atoms with Crippen LogP contribution in [0.1, 0.15) is 22.7 Å². The number of methoxy groups -OCH3 is 1. The summed E-state index contributed by atoms with van der Waals surface area (Å²) in [6.07, 6.45) is 2.42. The van der Waals surface area contributed by atoms with Gasteiger partial charge in [0.15, 0.2) is 0 Å². The zero-order valence-corrected chi connectivity index (χ0v) is 18.3. The number of para-hydroxylation sites is 2. The third-order valence-corrected chi connectivity index (χ3v) is 5.18. The zero-order valence-electron chi connectivity index (χ0n) is 18.3. The summed E-state index contributed by atoms with van der Waals surface area (Å²) in [7, 11) is 3.41. The second-order valence-electron chi connectivity index (χ2n) is 7.43. The molecule has 0 aliphatic heterocycles. The van der Waals surface area contributed by atoms with Gasteiger partial charge in [0.2, 0.25) is 0 Å². The molecule has 0 saturated carbocycles. The van der Waals surface area contributed by atoms with Gasteiger partial charge in [-0.05, 0) is 42.8 Å². The van der Waals surface area contributed by atoms with Gasteiger partial charge in [0.1, 0.15) is 23.0 Å². The number of imidazole rings is 1. The Kier molecular flexibility index (Phi) is 6.65. The van der Waals surface area contributed by atoms with Crippen molar-refractivity contribution in [3.8, 4) is 11.5 Å². The minimum atomic E-state index is -0.134. The van der Waals surface area contributed by atoms with Crippen LogP contribution >= 0.6 is 0 Å². The van der Waals surface area contributed by atoms with Crippen LogP contribution in [0.3, 0.4) is 0 Å². The maximum absolute atomic E-state index is 12.7. The summed E-state index contributed by atoms with van der Waals surface area (Å²) in [6, 6.07) is 20.9. The molecule has 2 heterocycles. The molecule has 2 aromatic heterocycles. The number of hydrogen-bond acceptors (Lipinski definition) is 5. The molecule has 0 aliphatic rings. The molecule has 7 heteroatoms. The Morgan fingerprint density at radius 1 is 1.03 bits per heavy atom. The van der Waals surface area contributed by atoms with E-state index in [1.54, 1.807) is 37.4 Å². The fourth-order valence-corrected chi connectivity index (χ4v) is 3.57. The molecule has 1 amide bonds. The molecule has 164 valence electrons. The van der Waals surface area contributed by atoms with Crippen LogP contribution in [0.2, 0.25) is 0 Å². The zero-order chi connectivity index (χ0) is 22.3. The number of carbonyl (C=O) groups is 1. The number of aryl methyl sites for hydroxylation is 1. The van der Waals surface area contributed by atoms with Gasteiger partial charge in [-0.3, -0.25) is 9.78 Å². The number of benzene rings is 2. The maximum atomic E-state index is 12.7. The highest BCUT2D eigenvalue weighted by Crippen LogP contribution is 2.20. The Morgan fingerprint density at radius 3 is 2.66 bits per heavy atom. The maximum Gasteiger partial charge on any atom is 0.272 e. The standard InChI is InChI=1S/C25H26N4O3/c1-28(25(30)22-12-5-6-14-26-22)18-24-27-21-11-3-4-13-23(21)29(24)15-8-16-32-20-10-7-9-19(17-20)31-2/h3-7,9-14,17H,8,15-16,18H2,1-2H3. The van der Waals surface area contributed by atoms with Crippen LogP contribution in [0, 0.1) is 0 Å². The molecule has 4 aromatic rings. The van der Waals surface area contributed by atoms with Crippen LogP contribution in [0.5, 0.6) is 11.5 Å². The van der Waals surface area contributed by atoms with Gasteiger partial charge in [0.25, 0.3) is 5.91 Å². The third-order valence-electron chi connectivity index (χ3n) is 5.18. The summed E-state index contributed by atoms with van der Waals surface area (Å²) in [5.41, 5.74) is 2.38. The van der Waals surface area contributed by atoms with Crippen LogP contribution in [0.15, 0.2) is 72.9 Å². The van der Waals surface area contributed by atoms with Gasteiger partial charge < -0.3 is 18.9 Å². The van der Waals surface area contributed by atoms with Crippen molar-refractivity contribution >= 4 is 16.9 Å². The molecule has 0 saturated heterocycles. The predicted octanol–water partition coefficient (Wildman–Crippen LogP) is 4.18. The Bertz CT molecular complexity index is 1190. The fraction of sp³-hybridized carbons (Fsp3) is 0.240. The average molecular weight is 431 g/mol. The van der Waals surface area contributed by atoms with E-state index in [-0.39, 0.29) is 5.91 Å². The Hall–Kier alpha value is -3.87. The van der Waals surface area contributed by atoms with Crippen LogP contribution in [-0.2, 0) is 13.1 Å². The average Bonchev–Trinajstić information content (AvgIpc) is 3.18. The number of rotatable bonds is 9. The van der Waals surface area contributed by atoms with Gasteiger partial charge >= 0.3 is 0 Å². The smallest absolute Gasteiger partial charge is 0.272 e. The lowest BCUT2D eigenvalue weighted by Gasteiger charge is -2.18. The number of pyridine rings is 1. The van der Waals surface area contributed by atoms with Gasteiger partial charge in [-0.2, -0.15) is 0 Å². The van der Waals surface area contributed by atoms with Gasteiger partial charge in [-0.25, -0.2) is 4.98 Å². The summed E-state index contributed by atoms with van der Waals surface area (Å²) < 4.78 is 13.3. The molecule has 32 heavy (non-hydrogen) atoms. The lowest BCUT2D eigenvalue weighted by atomic mass is 10.3. The molecule has 0 fully saturated rings. The number of fused-ring (bicyclic) bond motifs is 1. The van der Waals surface area contributed by atoms with E-state index in [0.717, 1.165) is 41.3 Å². The largest absolute Gasteiger partial charge is 0.497 e. The first kappa shape index (κ1) is 21.4. The van der Waals surface area contributed by atoms with Gasteiger partial charge in [-0.15, -0.1) is 0 Å². The topological polar surface area (TPSA) is 69.5 Å². The van der Waals surface area contributed by atoms with E-state index in [2.05, 4.69) is 15.6 Å². The van der Waals surface area contributed by atoms with E-state index in [4.69, 9.17) is 14.5 Å². The van der Waals surface area contributed by atoms with Gasteiger partial charge in [0.05, 0.1) is 31.3 Å². The normalized spacial score (nSPS) is 10.8. The van der Waals surface area contributed by atoms with Crippen molar-refractivity contribution in [1.82, 2.24) is 19.4 Å². The number of hydrogen-bond donors (Lipinski definition) is 0. The van der Waals surface area contributed by atoms with E-state index < -0.39 is 0 Å². The predicted molar refractivity (Wildman–Crippen MR) is 123 cm³/mol. The van der Waals surface area contributed by atoms with E-state index >= 15 is 0 Å². The monoisotopic (exact) mass is 430 g/mol. The molecule has 0 atom stereocenters. The number of ether oxygens (including phenoxy) is 2. The van der Waals surface area contributed by atoms with E-state index in [9.17, 15) is 4.79 Å². The lowest BCUT2D eigenvalue weighted by Crippen LogP contribution is -2.28. The first-order chi connectivity index (χ1) is 15.7. The van der Waals surface area contributed by atoms with Gasteiger partial charge in [-0.1, -0.05) is 24.3 Å². The van der Waals surface area contributed by atoms with E-state index in [1.807, 2.05) is 48.5 Å². The molecule has 0 spiro atoms. The Balaban J connectivity index is 1.46. The first-order valence-corrected chi connectivity index (χ1v) is 10.5. The molecule has 2 aromatic carbocycles. The molecule has 0 unspecified atom stereocenters. The number of nitrogens with zero attached hydrogens (tertiary/aromatic N) is 4. The minimum absolute atomic E-state index is 0.134. The van der Waals surface area contributed by atoms with Crippen molar-refractivity contribution in [3.63, 3.8) is 0 Å². The minimum Gasteiger partial charge on any atom is -0.497 e. The second-order valence-corrected chi connectivity index (χ2v) is 7.43. The molecule has 7 nitrogen and oxygen atoms in total. The second kappa shape index (κ2) is 9.96. The molecule has 4 rings (SSSR count). The van der Waals surface area contributed by atoms with Crippen LogP contribution in [0.25, 0.3) is 11.0 Å². The van der Waals surface area contributed by atoms with Crippen molar-refractivity contribution in [2.45, 2.75) is 19.5 Å². The third kappa shape index (κ3) is 4.88. The van der Waals surface area contributed by atoms with E-state index in [1.165, 1.54) is 0 Å². The van der Waals surface area contributed by atoms with Crippen molar-refractivity contribution in [1.29, 1.82) is 0 Å². The van der Waals surface area contributed by atoms with Crippen molar-refractivity contribution in [2.75, 3.05) is 20.8 Å². The SMILES string of the molecule is COc1cccc(OCCCn2c(CN(C)C(=O)c3ccccn3)nc3ccccc32)c1. The van der Waals surface area contributed by atoms with Crippen LogP contribution in [0.4, 0.5) is 0 Å². The molecule has 0 N–H and O–H groups in total. The molecular formula is C25H26N4O3. The molecule has 0 radical (unpaired) electrons. The Morgan fingerprint density at radius 2 is 1.84 bits per heavy atom. The fourth-order valence-electron chi connectivity index (χ4n) is 3.57. The highest BCUT2D eigenvalue weighted by Gasteiger charge is 2.17. The van der Waals surface area contributed by atoms with E-state index in [0.29, 0.717) is 18.8 Å². The summed E-state index contributed by atoms with van der Waals surface area (Å²) in [4.78, 5) is 23.3. The van der Waals surface area contributed by atoms with Crippen LogP contribution in [-0.4, -0.2) is 46.1 Å². The molecule has 0 bridgehead atoms. The van der Waals surface area contributed by atoms with Crippen LogP contribution < -0.4 is 9.47 Å². The summed E-state index contributed by atoms with van der Waals surface area (Å²) in [6.45, 7) is 1.67. The summed E-state index contributed by atoms with van der Waals surface area (Å²) in [5, 5.41) is 0. The molecular weight excluding hydrogens is 404 g/mol. The number of amides is 1. The van der Waals surface area contributed by atoms with Crippen molar-refractivity contribution in [2.24, 2.45) is 0 Å². The van der Waals surface area contributed by atoms with Gasteiger partial charge in [0, 0.05) is 25.9 Å². The quantitative estimate of drug-likeness (QED) is 0.373. The summed E-state index contributed by atoms with van der Waals surface area (Å²) >= 11 is 0. The lowest BCUT2D eigenvalue weighted by molar-refractivity contribution is 0.0774. The number of aromatic nitrogens is 3. The highest BCUT2D eigenvalue weighted by molar-refractivity contribution is 5.92. The highest BCUT2D eigenvalue weighted by atomic mass is 16.5.